The van der Waals surface area contributed by atoms with Gasteiger partial charge in [-0.1, -0.05) is 17.7 Å². The van der Waals surface area contributed by atoms with Crippen LogP contribution in [0.5, 0.6) is 0 Å². The average molecular weight is 375 g/mol. The van der Waals surface area contributed by atoms with Gasteiger partial charge in [0.05, 0.1) is 5.56 Å². The summed E-state index contributed by atoms with van der Waals surface area (Å²) >= 11 is 9.08. The van der Waals surface area contributed by atoms with Crippen LogP contribution in [0, 0.1) is 11.6 Å². The lowest BCUT2D eigenvalue weighted by Crippen LogP contribution is -2.27. The molecule has 0 aliphatic rings. The molecule has 0 atom stereocenters. The van der Waals surface area contributed by atoms with Crippen LogP contribution in [0.2, 0.25) is 5.02 Å². The monoisotopic (exact) mass is 373 g/mol. The van der Waals surface area contributed by atoms with E-state index in [1.54, 1.807) is 6.07 Å². The largest absolute Gasteiger partial charge is 0.337 e. The Hall–Kier alpha value is -1.46. The smallest absolute Gasteiger partial charge is 0.255 e. The van der Waals surface area contributed by atoms with E-state index in [0.29, 0.717) is 10.0 Å². The molecule has 0 bridgehead atoms. The van der Waals surface area contributed by atoms with Crippen molar-refractivity contribution < 1.29 is 13.6 Å². The summed E-state index contributed by atoms with van der Waals surface area (Å²) in [6.45, 7) is 0.0220. The van der Waals surface area contributed by atoms with Crippen LogP contribution in [-0.2, 0) is 6.54 Å². The fraction of sp³-hybridized carbons (Fsp3) is 0.133. The van der Waals surface area contributed by atoms with Crippen LogP contribution >= 0.6 is 27.5 Å². The summed E-state index contributed by atoms with van der Waals surface area (Å²) in [4.78, 5) is 13.6. The van der Waals surface area contributed by atoms with Gasteiger partial charge in [-0.25, -0.2) is 8.78 Å². The van der Waals surface area contributed by atoms with Gasteiger partial charge in [0, 0.05) is 28.7 Å². The zero-order valence-electron chi connectivity index (χ0n) is 11.0. The number of hydrogen-bond acceptors (Lipinski definition) is 1. The standard InChI is InChI=1S/C15H11BrClF2NO/c1-20(8-11-13(17)3-2-4-14(11)19)15(21)10-6-5-9(18)7-12(10)16/h2-7H,8H2,1H3. The van der Waals surface area contributed by atoms with Crippen molar-refractivity contribution in [2.75, 3.05) is 7.05 Å². The zero-order valence-corrected chi connectivity index (χ0v) is 13.4. The Morgan fingerprint density at radius 2 is 2.00 bits per heavy atom. The van der Waals surface area contributed by atoms with Crippen LogP contribution in [-0.4, -0.2) is 17.9 Å². The van der Waals surface area contributed by atoms with E-state index in [9.17, 15) is 13.6 Å². The van der Waals surface area contributed by atoms with Crippen molar-refractivity contribution in [3.8, 4) is 0 Å². The Morgan fingerprint density at radius 3 is 2.62 bits per heavy atom. The Kier molecular flexibility index (Phi) is 4.96. The third-order valence-electron chi connectivity index (χ3n) is 2.97. The minimum Gasteiger partial charge on any atom is -0.337 e. The topological polar surface area (TPSA) is 20.3 Å². The number of carbonyl (C=O) groups excluding carboxylic acids is 1. The molecular formula is C15H11BrClF2NO. The maximum atomic E-state index is 13.7. The van der Waals surface area contributed by atoms with Crippen LogP contribution in [0.3, 0.4) is 0 Å². The lowest BCUT2D eigenvalue weighted by molar-refractivity contribution is 0.0783. The van der Waals surface area contributed by atoms with E-state index in [1.807, 2.05) is 0 Å². The third kappa shape index (κ3) is 3.60. The van der Waals surface area contributed by atoms with E-state index >= 15 is 0 Å². The van der Waals surface area contributed by atoms with Crippen molar-refractivity contribution in [2.45, 2.75) is 6.54 Å². The number of rotatable bonds is 3. The second-order valence-electron chi connectivity index (χ2n) is 4.49. The lowest BCUT2D eigenvalue weighted by atomic mass is 10.1. The van der Waals surface area contributed by atoms with Gasteiger partial charge in [0.25, 0.3) is 5.91 Å². The van der Waals surface area contributed by atoms with Gasteiger partial charge < -0.3 is 4.90 Å². The lowest BCUT2D eigenvalue weighted by Gasteiger charge is -2.19. The van der Waals surface area contributed by atoms with Gasteiger partial charge >= 0.3 is 0 Å². The van der Waals surface area contributed by atoms with E-state index in [-0.39, 0.29) is 23.0 Å². The van der Waals surface area contributed by atoms with Gasteiger partial charge in [0.1, 0.15) is 11.6 Å². The molecule has 0 aliphatic heterocycles. The van der Waals surface area contributed by atoms with Gasteiger partial charge in [-0.15, -0.1) is 0 Å². The molecular weight excluding hydrogens is 364 g/mol. The second kappa shape index (κ2) is 6.54. The highest BCUT2D eigenvalue weighted by Gasteiger charge is 2.18. The first-order chi connectivity index (χ1) is 9.90. The summed E-state index contributed by atoms with van der Waals surface area (Å²) < 4.78 is 27.1. The summed E-state index contributed by atoms with van der Waals surface area (Å²) in [5, 5.41) is 0.257. The van der Waals surface area contributed by atoms with E-state index in [2.05, 4.69) is 15.9 Å². The average Bonchev–Trinajstić information content (AvgIpc) is 2.42. The normalized spacial score (nSPS) is 10.5. The molecule has 2 rings (SSSR count). The number of nitrogens with zero attached hydrogens (tertiary/aromatic N) is 1. The molecule has 0 fully saturated rings. The minimum atomic E-state index is -0.472. The van der Waals surface area contributed by atoms with Gasteiger partial charge in [-0.05, 0) is 46.3 Å². The Morgan fingerprint density at radius 1 is 1.29 bits per heavy atom. The van der Waals surface area contributed by atoms with Gasteiger partial charge in [0.2, 0.25) is 0 Å². The fourth-order valence-corrected chi connectivity index (χ4v) is 2.60. The maximum Gasteiger partial charge on any atom is 0.255 e. The van der Waals surface area contributed by atoms with Crippen molar-refractivity contribution in [1.82, 2.24) is 4.90 Å². The molecule has 0 heterocycles. The number of amides is 1. The van der Waals surface area contributed by atoms with Crippen molar-refractivity contribution in [3.63, 3.8) is 0 Å². The predicted molar refractivity (Wildman–Crippen MR) is 81.3 cm³/mol. The molecule has 2 nitrogen and oxygen atoms in total. The Labute approximate surface area is 134 Å². The highest BCUT2D eigenvalue weighted by molar-refractivity contribution is 9.10. The number of carbonyl (C=O) groups is 1. The van der Waals surface area contributed by atoms with E-state index in [0.717, 1.165) is 0 Å². The Balaban J connectivity index is 2.24. The quantitative estimate of drug-likeness (QED) is 0.765. The Bertz CT molecular complexity index is 673. The fourth-order valence-electron chi connectivity index (χ4n) is 1.86. The molecule has 21 heavy (non-hydrogen) atoms. The molecule has 0 saturated heterocycles. The van der Waals surface area contributed by atoms with Crippen molar-refractivity contribution in [2.24, 2.45) is 0 Å². The predicted octanol–water partition coefficient (Wildman–Crippen LogP) is 4.65. The minimum absolute atomic E-state index is 0.0220. The summed E-state index contributed by atoms with van der Waals surface area (Å²) in [6, 6.07) is 8.12. The van der Waals surface area contributed by atoms with Crippen LogP contribution in [0.25, 0.3) is 0 Å². The van der Waals surface area contributed by atoms with Gasteiger partial charge in [0.15, 0.2) is 0 Å². The molecule has 0 spiro atoms. The molecule has 2 aromatic carbocycles. The summed E-state index contributed by atoms with van der Waals surface area (Å²) in [7, 11) is 1.53. The SMILES string of the molecule is CN(Cc1c(F)cccc1Cl)C(=O)c1ccc(F)cc1Br. The number of benzene rings is 2. The first-order valence-electron chi connectivity index (χ1n) is 6.03. The molecule has 0 radical (unpaired) electrons. The van der Waals surface area contributed by atoms with Crippen molar-refractivity contribution in [3.05, 3.63) is 68.7 Å². The van der Waals surface area contributed by atoms with Crippen LogP contribution in [0.4, 0.5) is 8.78 Å². The van der Waals surface area contributed by atoms with Crippen molar-refractivity contribution >= 4 is 33.4 Å². The molecule has 110 valence electrons. The second-order valence-corrected chi connectivity index (χ2v) is 5.75. The van der Waals surface area contributed by atoms with E-state index in [4.69, 9.17) is 11.6 Å². The molecule has 2 aromatic rings. The molecule has 0 unspecified atom stereocenters. The maximum absolute atomic E-state index is 13.7. The molecule has 1 amide bonds. The first-order valence-corrected chi connectivity index (χ1v) is 7.20. The highest BCUT2D eigenvalue weighted by atomic mass is 79.9. The van der Waals surface area contributed by atoms with Gasteiger partial charge in [-0.3, -0.25) is 4.79 Å². The van der Waals surface area contributed by atoms with Gasteiger partial charge in [-0.2, -0.15) is 0 Å². The molecule has 0 aromatic heterocycles. The first kappa shape index (κ1) is 15.9. The van der Waals surface area contributed by atoms with E-state index in [1.165, 1.54) is 42.3 Å². The molecule has 0 aliphatic carbocycles. The van der Waals surface area contributed by atoms with Crippen LogP contribution in [0.15, 0.2) is 40.9 Å². The third-order valence-corrected chi connectivity index (χ3v) is 3.98. The highest BCUT2D eigenvalue weighted by Crippen LogP contribution is 2.23. The summed E-state index contributed by atoms with van der Waals surface area (Å²) in [5.41, 5.74) is 0.541. The summed E-state index contributed by atoms with van der Waals surface area (Å²) in [5.74, 6) is -1.28. The summed E-state index contributed by atoms with van der Waals surface area (Å²) in [6.07, 6.45) is 0. The number of halogens is 4. The number of hydrogen-bond donors (Lipinski definition) is 0. The molecule has 6 heteroatoms. The molecule has 0 N–H and O–H groups in total. The van der Waals surface area contributed by atoms with Crippen molar-refractivity contribution in [1.29, 1.82) is 0 Å². The zero-order chi connectivity index (χ0) is 15.6. The molecule has 0 saturated carbocycles. The van der Waals surface area contributed by atoms with Crippen LogP contribution in [0.1, 0.15) is 15.9 Å². The van der Waals surface area contributed by atoms with E-state index < -0.39 is 11.6 Å². The van der Waals surface area contributed by atoms with Crippen LogP contribution < -0.4 is 0 Å².